The second-order valence-corrected chi connectivity index (χ2v) is 9.22. The van der Waals surface area contributed by atoms with Crippen molar-refractivity contribution in [2.45, 2.75) is 19.1 Å². The average molecular weight is 572 g/mol. The first kappa shape index (κ1) is 24.7. The Morgan fingerprint density at radius 2 is 1.84 bits per heavy atom. The van der Waals surface area contributed by atoms with E-state index in [1.165, 1.54) is 41.5 Å². The van der Waals surface area contributed by atoms with E-state index in [9.17, 15) is 29.2 Å². The molecule has 0 aliphatic carbocycles. The zero-order valence-corrected chi connectivity index (χ0v) is 20.8. The minimum atomic E-state index is -1.25. The number of imide groups is 1. The van der Waals surface area contributed by atoms with Crippen LogP contribution in [0.15, 0.2) is 65.1 Å². The molecule has 3 atom stereocenters. The normalized spacial score (nSPS) is 20.9. The van der Waals surface area contributed by atoms with Crippen molar-refractivity contribution in [3.05, 3.63) is 86.6 Å². The zero-order chi connectivity index (χ0) is 26.4. The first-order chi connectivity index (χ1) is 17.7. The standard InChI is InChI=1S/C25H19BrFN3O7/c1-2-36-19-11-13(10-18(26)22(19)31)21-20-23(37-29(21)16-4-3-5-17(12-16)30(34)35)25(33)28(24(20)32)15-8-6-14(27)7-9-15/h3-12,20-21,23,31H,2H2,1H3/t20-,21+,23+/m0/s1. The van der Waals surface area contributed by atoms with Crippen LogP contribution in [0.2, 0.25) is 0 Å². The summed E-state index contributed by atoms with van der Waals surface area (Å²) < 4.78 is 19.3. The molecule has 2 amide bonds. The van der Waals surface area contributed by atoms with Crippen LogP contribution in [0.25, 0.3) is 0 Å². The maximum Gasteiger partial charge on any atom is 0.271 e. The number of carbonyl (C=O) groups excluding carboxylic acids is 2. The third-order valence-electron chi connectivity index (χ3n) is 6.19. The van der Waals surface area contributed by atoms with Crippen molar-refractivity contribution in [3.63, 3.8) is 0 Å². The van der Waals surface area contributed by atoms with E-state index < -0.39 is 40.6 Å². The van der Waals surface area contributed by atoms with Gasteiger partial charge in [-0.1, -0.05) is 6.07 Å². The Morgan fingerprint density at radius 3 is 2.51 bits per heavy atom. The highest BCUT2D eigenvalue weighted by Gasteiger charge is 2.60. The smallest absolute Gasteiger partial charge is 0.271 e. The Kier molecular flexibility index (Phi) is 6.30. The number of aromatic hydroxyl groups is 1. The molecule has 0 spiro atoms. The molecule has 2 aliphatic rings. The molecule has 2 saturated heterocycles. The average Bonchev–Trinajstić information content (AvgIpc) is 3.38. The molecule has 0 radical (unpaired) electrons. The lowest BCUT2D eigenvalue weighted by Crippen LogP contribution is -2.37. The van der Waals surface area contributed by atoms with Crippen molar-refractivity contribution >= 4 is 44.8 Å². The monoisotopic (exact) mass is 571 g/mol. The van der Waals surface area contributed by atoms with Gasteiger partial charge in [0.05, 0.1) is 33.4 Å². The number of non-ortho nitro benzene ring substituents is 1. The molecule has 0 saturated carbocycles. The molecule has 190 valence electrons. The Morgan fingerprint density at radius 1 is 1.11 bits per heavy atom. The summed E-state index contributed by atoms with van der Waals surface area (Å²) in [5.74, 6) is -2.82. The number of nitro groups is 1. The van der Waals surface area contributed by atoms with E-state index in [0.717, 1.165) is 17.0 Å². The summed E-state index contributed by atoms with van der Waals surface area (Å²) in [5, 5.41) is 23.1. The summed E-state index contributed by atoms with van der Waals surface area (Å²) in [7, 11) is 0. The third-order valence-corrected chi connectivity index (χ3v) is 6.79. The number of ether oxygens (including phenoxy) is 1. The summed E-state index contributed by atoms with van der Waals surface area (Å²) in [6.07, 6.45) is -1.25. The molecule has 37 heavy (non-hydrogen) atoms. The number of hydrogen-bond donors (Lipinski definition) is 1. The second kappa shape index (κ2) is 9.45. The summed E-state index contributed by atoms with van der Waals surface area (Å²) >= 11 is 3.30. The number of nitro benzene ring substituents is 1. The summed E-state index contributed by atoms with van der Waals surface area (Å²) in [5.41, 5.74) is 0.695. The summed E-state index contributed by atoms with van der Waals surface area (Å²) in [4.78, 5) is 44.9. The highest BCUT2D eigenvalue weighted by Crippen LogP contribution is 2.50. The predicted octanol–water partition coefficient (Wildman–Crippen LogP) is 4.65. The largest absolute Gasteiger partial charge is 0.503 e. The van der Waals surface area contributed by atoms with Gasteiger partial charge in [-0.25, -0.2) is 14.4 Å². The van der Waals surface area contributed by atoms with Gasteiger partial charge in [-0.3, -0.25) is 24.5 Å². The quantitative estimate of drug-likeness (QED) is 0.257. The van der Waals surface area contributed by atoms with Crippen molar-refractivity contribution in [2.75, 3.05) is 16.6 Å². The van der Waals surface area contributed by atoms with E-state index in [-0.39, 0.29) is 39.6 Å². The fourth-order valence-electron chi connectivity index (χ4n) is 4.60. The van der Waals surface area contributed by atoms with Crippen molar-refractivity contribution < 1.29 is 33.6 Å². The molecule has 2 heterocycles. The molecule has 10 nitrogen and oxygen atoms in total. The van der Waals surface area contributed by atoms with E-state index >= 15 is 0 Å². The molecule has 2 aliphatic heterocycles. The van der Waals surface area contributed by atoms with Gasteiger partial charge in [0.15, 0.2) is 17.6 Å². The van der Waals surface area contributed by atoms with Crippen LogP contribution in [-0.2, 0) is 14.4 Å². The SMILES string of the molecule is CCOc1cc([C@@H]2[C@@H]3C(=O)N(c4ccc(F)cc4)C(=O)[C@@H]3ON2c2cccc([N+](=O)[O-])c2)cc(Br)c1O. The number of carbonyl (C=O) groups is 2. The molecule has 0 unspecified atom stereocenters. The van der Waals surface area contributed by atoms with Gasteiger partial charge in [-0.05, 0) is 70.9 Å². The number of halogens is 2. The van der Waals surface area contributed by atoms with Crippen molar-refractivity contribution in [3.8, 4) is 11.5 Å². The Hall–Kier alpha value is -4.03. The number of benzene rings is 3. The lowest BCUT2D eigenvalue weighted by Gasteiger charge is -2.29. The number of hydroxylamine groups is 1. The summed E-state index contributed by atoms with van der Waals surface area (Å²) in [6.45, 7) is 1.99. The van der Waals surface area contributed by atoms with Gasteiger partial charge in [0.2, 0.25) is 5.91 Å². The number of hydrogen-bond acceptors (Lipinski definition) is 8. The maximum absolute atomic E-state index is 13.7. The van der Waals surface area contributed by atoms with Crippen LogP contribution < -0.4 is 14.7 Å². The molecule has 12 heteroatoms. The van der Waals surface area contributed by atoms with Gasteiger partial charge in [0.25, 0.3) is 11.6 Å². The van der Waals surface area contributed by atoms with Gasteiger partial charge < -0.3 is 9.84 Å². The van der Waals surface area contributed by atoms with E-state index in [2.05, 4.69) is 15.9 Å². The predicted molar refractivity (Wildman–Crippen MR) is 133 cm³/mol. The minimum Gasteiger partial charge on any atom is -0.503 e. The highest BCUT2D eigenvalue weighted by atomic mass is 79.9. The number of fused-ring (bicyclic) bond motifs is 1. The van der Waals surface area contributed by atoms with Crippen LogP contribution >= 0.6 is 15.9 Å². The Labute approximate surface area is 218 Å². The maximum atomic E-state index is 13.7. The van der Waals surface area contributed by atoms with Crippen molar-refractivity contribution in [2.24, 2.45) is 5.92 Å². The Bertz CT molecular complexity index is 1420. The van der Waals surface area contributed by atoms with E-state index in [0.29, 0.717) is 5.56 Å². The van der Waals surface area contributed by atoms with Gasteiger partial charge in [0, 0.05) is 12.1 Å². The number of rotatable bonds is 6. The van der Waals surface area contributed by atoms with Crippen LogP contribution in [0.3, 0.4) is 0 Å². The van der Waals surface area contributed by atoms with E-state index in [1.807, 2.05) is 0 Å². The van der Waals surface area contributed by atoms with E-state index in [1.54, 1.807) is 19.1 Å². The van der Waals surface area contributed by atoms with Crippen LogP contribution in [0.5, 0.6) is 11.5 Å². The minimum absolute atomic E-state index is 0.140. The fourth-order valence-corrected chi connectivity index (χ4v) is 5.06. The molecule has 2 fully saturated rings. The molecule has 5 rings (SSSR count). The summed E-state index contributed by atoms with van der Waals surface area (Å²) in [6, 6.07) is 12.7. The molecule has 0 bridgehead atoms. The Balaban J connectivity index is 1.64. The van der Waals surface area contributed by atoms with Crippen LogP contribution in [0, 0.1) is 21.8 Å². The first-order valence-electron chi connectivity index (χ1n) is 11.2. The fraction of sp³-hybridized carbons (Fsp3) is 0.200. The van der Waals surface area contributed by atoms with Gasteiger partial charge >= 0.3 is 0 Å². The molecule has 1 N–H and O–H groups in total. The molecule has 3 aromatic rings. The van der Waals surface area contributed by atoms with Crippen molar-refractivity contribution in [1.29, 1.82) is 0 Å². The highest BCUT2D eigenvalue weighted by molar-refractivity contribution is 9.10. The van der Waals surface area contributed by atoms with E-state index in [4.69, 9.17) is 9.57 Å². The number of phenols is 1. The third kappa shape index (κ3) is 4.17. The molecule has 3 aromatic carbocycles. The lowest BCUT2D eigenvalue weighted by molar-refractivity contribution is -0.384. The topological polar surface area (TPSA) is 122 Å². The van der Waals surface area contributed by atoms with Gasteiger partial charge in [-0.2, -0.15) is 0 Å². The number of phenolic OH excluding ortho intramolecular Hbond substituents is 1. The first-order valence-corrected chi connectivity index (χ1v) is 12.0. The zero-order valence-electron chi connectivity index (χ0n) is 19.2. The van der Waals surface area contributed by atoms with Crippen LogP contribution in [-0.4, -0.2) is 34.6 Å². The van der Waals surface area contributed by atoms with Crippen LogP contribution in [0.4, 0.5) is 21.5 Å². The molecular formula is C25H19BrFN3O7. The molecule has 0 aromatic heterocycles. The van der Waals surface area contributed by atoms with Crippen molar-refractivity contribution in [1.82, 2.24) is 0 Å². The number of nitrogens with zero attached hydrogens (tertiary/aromatic N) is 3. The lowest BCUT2D eigenvalue weighted by atomic mass is 9.90. The van der Waals surface area contributed by atoms with Crippen LogP contribution in [0.1, 0.15) is 18.5 Å². The number of anilines is 2. The van der Waals surface area contributed by atoms with Gasteiger partial charge in [-0.15, -0.1) is 0 Å². The molecular weight excluding hydrogens is 553 g/mol. The van der Waals surface area contributed by atoms with Gasteiger partial charge in [0.1, 0.15) is 11.7 Å². The number of amides is 2. The second-order valence-electron chi connectivity index (χ2n) is 8.37.